The second-order valence-corrected chi connectivity index (χ2v) is 3.92. The van der Waals surface area contributed by atoms with Gasteiger partial charge in [0, 0.05) is 6.54 Å². The first-order chi connectivity index (χ1) is 8.65. The molecule has 0 aliphatic rings. The third-order valence-electron chi connectivity index (χ3n) is 2.47. The Morgan fingerprint density at radius 2 is 1.89 bits per heavy atom. The van der Waals surface area contributed by atoms with Crippen LogP contribution in [0.2, 0.25) is 0 Å². The monoisotopic (exact) mass is 243 g/mol. The Kier molecular flexibility index (Phi) is 3.52. The molecule has 0 radical (unpaired) electrons. The maximum Gasteiger partial charge on any atom is 0.335 e. The van der Waals surface area contributed by atoms with Crippen molar-refractivity contribution in [3.8, 4) is 0 Å². The molecule has 0 fully saturated rings. The summed E-state index contributed by atoms with van der Waals surface area (Å²) in [6, 6.07) is 10.5. The molecular weight excluding hydrogens is 230 g/mol. The Bertz CT molecular complexity index is 535. The second kappa shape index (κ2) is 5.27. The minimum Gasteiger partial charge on any atom is -0.478 e. The van der Waals surface area contributed by atoms with Crippen LogP contribution in [0.3, 0.4) is 0 Å². The molecule has 0 atom stereocenters. The highest BCUT2D eigenvalue weighted by Gasteiger charge is 2.01. The van der Waals surface area contributed by atoms with E-state index in [0.29, 0.717) is 12.4 Å². The van der Waals surface area contributed by atoms with Gasteiger partial charge >= 0.3 is 5.97 Å². The van der Waals surface area contributed by atoms with Gasteiger partial charge in [0.15, 0.2) is 0 Å². The first-order valence-corrected chi connectivity index (χ1v) is 5.51. The number of hydrogen-bond donors (Lipinski definition) is 2. The summed E-state index contributed by atoms with van der Waals surface area (Å²) in [7, 11) is 0. The van der Waals surface area contributed by atoms with Crippen molar-refractivity contribution in [1.29, 1.82) is 0 Å². The van der Waals surface area contributed by atoms with Crippen LogP contribution in [0, 0.1) is 6.92 Å². The van der Waals surface area contributed by atoms with Gasteiger partial charge in [-0.25, -0.2) is 4.79 Å². The van der Waals surface area contributed by atoms with Crippen molar-refractivity contribution >= 4 is 11.8 Å². The molecule has 1 heterocycles. The van der Waals surface area contributed by atoms with Gasteiger partial charge in [0.1, 0.15) is 5.82 Å². The van der Waals surface area contributed by atoms with Crippen molar-refractivity contribution in [2.45, 2.75) is 13.5 Å². The normalized spacial score (nSPS) is 10.1. The van der Waals surface area contributed by atoms with Gasteiger partial charge in [-0.05, 0) is 36.8 Å². The Hall–Kier alpha value is -2.43. The highest BCUT2D eigenvalue weighted by atomic mass is 16.4. The zero-order valence-corrected chi connectivity index (χ0v) is 9.92. The van der Waals surface area contributed by atoms with Crippen LogP contribution in [0.4, 0.5) is 5.82 Å². The minimum atomic E-state index is -0.918. The molecule has 5 heteroatoms. The van der Waals surface area contributed by atoms with Crippen LogP contribution in [-0.2, 0) is 6.54 Å². The van der Waals surface area contributed by atoms with Crippen molar-refractivity contribution in [2.24, 2.45) is 0 Å². The molecule has 0 spiro atoms. The summed E-state index contributed by atoms with van der Waals surface area (Å²) in [5, 5.41) is 19.8. The predicted octanol–water partition coefficient (Wildman–Crippen LogP) is 2.10. The molecule has 2 aromatic rings. The molecule has 0 aliphatic carbocycles. The zero-order chi connectivity index (χ0) is 13.0. The van der Waals surface area contributed by atoms with Crippen LogP contribution in [-0.4, -0.2) is 21.3 Å². The molecule has 2 N–H and O–H groups in total. The fraction of sp³-hybridized carbons (Fsp3) is 0.154. The van der Waals surface area contributed by atoms with E-state index in [9.17, 15) is 4.79 Å². The molecule has 18 heavy (non-hydrogen) atoms. The topological polar surface area (TPSA) is 75.1 Å². The number of carbonyl (C=O) groups is 1. The molecule has 0 saturated carbocycles. The van der Waals surface area contributed by atoms with Gasteiger partial charge < -0.3 is 10.4 Å². The quantitative estimate of drug-likeness (QED) is 0.860. The molecule has 0 amide bonds. The Labute approximate surface area is 104 Å². The van der Waals surface area contributed by atoms with E-state index in [2.05, 4.69) is 15.5 Å². The lowest BCUT2D eigenvalue weighted by atomic mass is 10.1. The zero-order valence-electron chi connectivity index (χ0n) is 9.92. The van der Waals surface area contributed by atoms with Crippen LogP contribution < -0.4 is 5.32 Å². The second-order valence-electron chi connectivity index (χ2n) is 3.92. The first kappa shape index (κ1) is 12.0. The van der Waals surface area contributed by atoms with E-state index in [-0.39, 0.29) is 5.56 Å². The smallest absolute Gasteiger partial charge is 0.335 e. The molecule has 0 saturated heterocycles. The first-order valence-electron chi connectivity index (χ1n) is 5.51. The summed E-state index contributed by atoms with van der Waals surface area (Å²) in [6.45, 7) is 2.46. The van der Waals surface area contributed by atoms with Gasteiger partial charge in [-0.1, -0.05) is 12.1 Å². The van der Waals surface area contributed by atoms with Crippen LogP contribution in [0.1, 0.15) is 21.6 Å². The number of hydrogen-bond acceptors (Lipinski definition) is 4. The summed E-state index contributed by atoms with van der Waals surface area (Å²) < 4.78 is 0. The number of aromatic nitrogens is 2. The van der Waals surface area contributed by atoms with Gasteiger partial charge in [-0.2, -0.15) is 5.10 Å². The summed E-state index contributed by atoms with van der Waals surface area (Å²) >= 11 is 0. The van der Waals surface area contributed by atoms with Crippen LogP contribution >= 0.6 is 0 Å². The summed E-state index contributed by atoms with van der Waals surface area (Å²) in [5.74, 6) is -0.221. The van der Waals surface area contributed by atoms with Crippen LogP contribution in [0.25, 0.3) is 0 Å². The van der Waals surface area contributed by atoms with E-state index in [4.69, 9.17) is 5.11 Å². The van der Waals surface area contributed by atoms with E-state index < -0.39 is 5.97 Å². The fourth-order valence-corrected chi connectivity index (χ4v) is 1.45. The molecule has 0 aliphatic heterocycles. The highest BCUT2D eigenvalue weighted by molar-refractivity contribution is 5.87. The van der Waals surface area contributed by atoms with Gasteiger partial charge in [0.2, 0.25) is 0 Å². The van der Waals surface area contributed by atoms with E-state index in [1.807, 2.05) is 19.1 Å². The number of anilines is 1. The number of rotatable bonds is 4. The van der Waals surface area contributed by atoms with E-state index in [1.165, 1.54) is 0 Å². The van der Waals surface area contributed by atoms with Gasteiger partial charge in [-0.3, -0.25) is 0 Å². The summed E-state index contributed by atoms with van der Waals surface area (Å²) in [4.78, 5) is 10.7. The highest BCUT2D eigenvalue weighted by Crippen LogP contribution is 2.07. The Balaban J connectivity index is 1.97. The molecule has 0 unspecified atom stereocenters. The number of nitrogens with one attached hydrogen (secondary N) is 1. The van der Waals surface area contributed by atoms with Gasteiger partial charge in [-0.15, -0.1) is 5.10 Å². The Morgan fingerprint density at radius 1 is 1.17 bits per heavy atom. The number of nitrogens with zero attached hydrogens (tertiary/aromatic N) is 2. The number of carboxylic acid groups (broad SMARTS) is 1. The summed E-state index contributed by atoms with van der Waals surface area (Å²) in [5.41, 5.74) is 2.14. The standard InChI is InChI=1S/C13H13N3O2/c1-9-2-7-12(16-15-9)14-8-10-3-5-11(6-4-10)13(17)18/h2-7H,8H2,1H3,(H,14,16)(H,17,18). The fourth-order valence-electron chi connectivity index (χ4n) is 1.45. The largest absolute Gasteiger partial charge is 0.478 e. The minimum absolute atomic E-state index is 0.286. The number of carboxylic acids is 1. The average molecular weight is 243 g/mol. The van der Waals surface area contributed by atoms with Crippen molar-refractivity contribution in [2.75, 3.05) is 5.32 Å². The molecule has 1 aromatic carbocycles. The van der Waals surface area contributed by atoms with Gasteiger partial charge in [0.25, 0.3) is 0 Å². The molecule has 0 bridgehead atoms. The maximum atomic E-state index is 10.7. The molecule has 5 nitrogen and oxygen atoms in total. The van der Waals surface area contributed by atoms with E-state index >= 15 is 0 Å². The molecule has 1 aromatic heterocycles. The van der Waals surface area contributed by atoms with Gasteiger partial charge in [0.05, 0.1) is 11.3 Å². The summed E-state index contributed by atoms with van der Waals surface area (Å²) in [6.07, 6.45) is 0. The predicted molar refractivity (Wildman–Crippen MR) is 67.5 cm³/mol. The van der Waals surface area contributed by atoms with E-state index in [1.54, 1.807) is 24.3 Å². The van der Waals surface area contributed by atoms with Crippen molar-refractivity contribution < 1.29 is 9.90 Å². The van der Waals surface area contributed by atoms with Crippen molar-refractivity contribution in [3.63, 3.8) is 0 Å². The van der Waals surface area contributed by atoms with E-state index in [0.717, 1.165) is 11.3 Å². The third-order valence-corrected chi connectivity index (χ3v) is 2.47. The third kappa shape index (κ3) is 3.04. The Morgan fingerprint density at radius 3 is 2.44 bits per heavy atom. The number of aromatic carboxylic acids is 1. The lowest BCUT2D eigenvalue weighted by Crippen LogP contribution is -2.03. The molecule has 2 rings (SSSR count). The molecular formula is C13H13N3O2. The van der Waals surface area contributed by atoms with Crippen LogP contribution in [0.5, 0.6) is 0 Å². The van der Waals surface area contributed by atoms with Crippen molar-refractivity contribution in [3.05, 3.63) is 53.2 Å². The lowest BCUT2D eigenvalue weighted by Gasteiger charge is -2.05. The average Bonchev–Trinajstić information content (AvgIpc) is 2.38. The van der Waals surface area contributed by atoms with Crippen molar-refractivity contribution in [1.82, 2.24) is 10.2 Å². The lowest BCUT2D eigenvalue weighted by molar-refractivity contribution is 0.0697. The maximum absolute atomic E-state index is 10.7. The van der Waals surface area contributed by atoms with Crippen LogP contribution in [0.15, 0.2) is 36.4 Å². The number of aryl methyl sites for hydroxylation is 1. The SMILES string of the molecule is Cc1ccc(NCc2ccc(C(=O)O)cc2)nn1. The molecule has 92 valence electrons. The number of benzene rings is 1.